The predicted octanol–water partition coefficient (Wildman–Crippen LogP) is 3.82. The average Bonchev–Trinajstić information content (AvgIpc) is 3.08. The Morgan fingerprint density at radius 2 is 1.91 bits per heavy atom. The van der Waals surface area contributed by atoms with Crippen LogP contribution in [0.1, 0.15) is 59.9 Å². The summed E-state index contributed by atoms with van der Waals surface area (Å²) in [6.07, 6.45) is 0.289. The van der Waals surface area contributed by atoms with Gasteiger partial charge in [0, 0.05) is 12.0 Å². The summed E-state index contributed by atoms with van der Waals surface area (Å²) >= 11 is 0. The summed E-state index contributed by atoms with van der Waals surface area (Å²) in [5.74, 6) is -2.56. The van der Waals surface area contributed by atoms with E-state index in [0.717, 1.165) is 24.1 Å². The van der Waals surface area contributed by atoms with Crippen LogP contribution < -0.4 is 10.2 Å². The average molecular weight is 476 g/mol. The molecule has 0 saturated carbocycles. The van der Waals surface area contributed by atoms with Crippen LogP contribution in [0.2, 0.25) is 0 Å². The van der Waals surface area contributed by atoms with Crippen LogP contribution in [0.5, 0.6) is 0 Å². The molecule has 0 atom stereocenters. The molecule has 2 aromatic rings. The predicted molar refractivity (Wildman–Crippen MR) is 123 cm³/mol. The molecule has 1 aromatic carbocycles. The van der Waals surface area contributed by atoms with Crippen LogP contribution in [0.4, 0.5) is 14.7 Å². The number of hydrogen-bond donors (Lipinski definition) is 1. The zero-order valence-electron chi connectivity index (χ0n) is 20.5. The molecule has 3 rings (SSSR count). The molecule has 0 unspecified atom stereocenters. The maximum Gasteiger partial charge on any atom is 0.307 e. The van der Waals surface area contributed by atoms with Gasteiger partial charge in [-0.2, -0.15) is 5.26 Å². The van der Waals surface area contributed by atoms with Crippen LogP contribution in [0, 0.1) is 34.3 Å². The van der Waals surface area contributed by atoms with Gasteiger partial charge in [0.2, 0.25) is 11.9 Å². The molecule has 1 saturated heterocycles. The Morgan fingerprint density at radius 1 is 1.26 bits per heavy atom. The molecule has 0 bridgehead atoms. The number of ether oxygens (including phenoxy) is 1. The van der Waals surface area contributed by atoms with E-state index in [4.69, 9.17) is 4.74 Å². The summed E-state index contributed by atoms with van der Waals surface area (Å²) in [5.41, 5.74) is -2.25. The van der Waals surface area contributed by atoms with Gasteiger partial charge >= 0.3 is 5.97 Å². The minimum atomic E-state index is -0.926. The molecule has 1 aromatic heterocycles. The van der Waals surface area contributed by atoms with Crippen molar-refractivity contribution in [1.29, 1.82) is 5.26 Å². The van der Waals surface area contributed by atoms with Gasteiger partial charge in [0.1, 0.15) is 17.1 Å². The maximum absolute atomic E-state index is 15.2. The van der Waals surface area contributed by atoms with Crippen LogP contribution in [-0.4, -0.2) is 41.2 Å². The largest absolute Gasteiger partial charge is 0.444 e. The Kier molecular flexibility index (Phi) is 6.99. The number of benzene rings is 1. The van der Waals surface area contributed by atoms with E-state index < -0.39 is 46.8 Å². The highest BCUT2D eigenvalue weighted by atomic mass is 19.1. The highest BCUT2D eigenvalue weighted by molar-refractivity contribution is 5.94. The van der Waals surface area contributed by atoms with Gasteiger partial charge in [-0.3, -0.25) is 9.59 Å². The molecule has 0 aliphatic carbocycles. The first-order valence-electron chi connectivity index (χ1n) is 11.2. The summed E-state index contributed by atoms with van der Waals surface area (Å²) in [6.45, 7) is 11.9. The lowest BCUT2D eigenvalue weighted by Crippen LogP contribution is -2.44. The van der Waals surface area contributed by atoms with E-state index >= 15 is 4.39 Å². The molecule has 1 aliphatic heterocycles. The number of carbonyl (C=O) groups is 2. The lowest BCUT2D eigenvalue weighted by atomic mass is 9.92. The van der Waals surface area contributed by atoms with E-state index in [0.29, 0.717) is 0 Å². The van der Waals surface area contributed by atoms with Gasteiger partial charge in [0.15, 0.2) is 18.4 Å². The number of imidazole rings is 1. The first kappa shape index (κ1) is 25.6. The topological polar surface area (TPSA) is 100 Å². The van der Waals surface area contributed by atoms with Gasteiger partial charge in [-0.25, -0.2) is 18.7 Å². The monoisotopic (exact) mass is 475 g/mol. The van der Waals surface area contributed by atoms with Crippen molar-refractivity contribution in [3.63, 3.8) is 0 Å². The number of nitriles is 1. The number of fused-ring (bicyclic) bond motifs is 1. The van der Waals surface area contributed by atoms with Gasteiger partial charge in [0.05, 0.1) is 12.0 Å². The van der Waals surface area contributed by atoms with Crippen LogP contribution in [0.25, 0.3) is 11.0 Å². The van der Waals surface area contributed by atoms with Crippen LogP contribution >= 0.6 is 0 Å². The second kappa shape index (κ2) is 9.29. The summed E-state index contributed by atoms with van der Waals surface area (Å²) in [6, 6.07) is 2.44. The second-order valence-electron chi connectivity index (χ2n) is 10.9. The van der Waals surface area contributed by atoms with Gasteiger partial charge in [-0.05, 0) is 51.3 Å². The Hall–Kier alpha value is -3.06. The molecule has 1 amide bonds. The summed E-state index contributed by atoms with van der Waals surface area (Å²) in [7, 11) is 0. The number of nitrogens with zero attached hydrogens (tertiary/aromatic N) is 4. The van der Waals surface area contributed by atoms with Crippen molar-refractivity contribution < 1.29 is 23.1 Å². The maximum atomic E-state index is 15.2. The Labute approximate surface area is 197 Å². The number of esters is 1. The molecule has 1 fully saturated rings. The number of rotatable bonds is 6. The van der Waals surface area contributed by atoms with E-state index in [-0.39, 0.29) is 35.7 Å². The second-order valence-corrected chi connectivity index (χ2v) is 10.9. The number of carbonyl (C=O) groups excluding carboxylic acids is 2. The molecule has 8 nitrogen and oxygen atoms in total. The highest BCUT2D eigenvalue weighted by Crippen LogP contribution is 2.35. The zero-order chi connectivity index (χ0) is 25.4. The van der Waals surface area contributed by atoms with Crippen molar-refractivity contribution in [2.75, 3.05) is 24.7 Å². The van der Waals surface area contributed by atoms with Gasteiger partial charge in [-0.1, -0.05) is 20.8 Å². The molecule has 0 radical (unpaired) electrons. The molecule has 2 heterocycles. The number of nitrogens with one attached hydrogen (secondary N) is 1. The SMILES string of the molecule is CC(C)(C)CC(=O)N(COC(=O)CC1CNC1)c1nc2c(F)cc(C#N)c(F)c2n1C(C)(C)C. The van der Waals surface area contributed by atoms with E-state index in [2.05, 4.69) is 10.3 Å². The van der Waals surface area contributed by atoms with E-state index in [9.17, 15) is 19.2 Å². The van der Waals surface area contributed by atoms with Gasteiger partial charge < -0.3 is 14.6 Å². The summed E-state index contributed by atoms with van der Waals surface area (Å²) < 4.78 is 36.9. The number of halogens is 2. The fourth-order valence-electron chi connectivity index (χ4n) is 3.78. The zero-order valence-corrected chi connectivity index (χ0v) is 20.5. The van der Waals surface area contributed by atoms with E-state index in [1.165, 1.54) is 4.57 Å². The van der Waals surface area contributed by atoms with Crippen molar-refractivity contribution in [2.24, 2.45) is 11.3 Å². The molecular formula is C24H31F2N5O3. The molecule has 10 heteroatoms. The number of hydrogen-bond acceptors (Lipinski definition) is 6. The Balaban J connectivity index is 2.12. The fourth-order valence-corrected chi connectivity index (χ4v) is 3.78. The first-order valence-corrected chi connectivity index (χ1v) is 11.2. The number of amides is 1. The van der Waals surface area contributed by atoms with E-state index in [1.807, 2.05) is 20.8 Å². The molecule has 1 N–H and O–H groups in total. The lowest BCUT2D eigenvalue weighted by molar-refractivity contribution is -0.145. The lowest BCUT2D eigenvalue weighted by Gasteiger charge is -2.31. The van der Waals surface area contributed by atoms with Gasteiger partial charge in [-0.15, -0.1) is 0 Å². The van der Waals surface area contributed by atoms with Gasteiger partial charge in [0.25, 0.3) is 0 Å². The number of aromatic nitrogens is 2. The minimum absolute atomic E-state index is 0.0530. The third-order valence-electron chi connectivity index (χ3n) is 5.49. The van der Waals surface area contributed by atoms with Crippen LogP contribution in [0.3, 0.4) is 0 Å². The van der Waals surface area contributed by atoms with Crippen LogP contribution in [0.15, 0.2) is 6.07 Å². The number of anilines is 1. The first-order chi connectivity index (χ1) is 15.7. The van der Waals surface area contributed by atoms with E-state index in [1.54, 1.807) is 26.8 Å². The smallest absolute Gasteiger partial charge is 0.307 e. The molecule has 184 valence electrons. The van der Waals surface area contributed by atoms with Crippen molar-refractivity contribution in [3.8, 4) is 6.07 Å². The van der Waals surface area contributed by atoms with Crippen molar-refractivity contribution in [3.05, 3.63) is 23.3 Å². The Morgan fingerprint density at radius 3 is 2.41 bits per heavy atom. The molecule has 1 aliphatic rings. The molecular weight excluding hydrogens is 444 g/mol. The third kappa shape index (κ3) is 5.36. The van der Waals surface area contributed by atoms with Crippen LogP contribution in [-0.2, 0) is 19.9 Å². The third-order valence-corrected chi connectivity index (χ3v) is 5.49. The van der Waals surface area contributed by atoms with Crippen molar-refractivity contribution in [1.82, 2.24) is 14.9 Å². The Bertz CT molecular complexity index is 1150. The molecule has 34 heavy (non-hydrogen) atoms. The summed E-state index contributed by atoms with van der Waals surface area (Å²) in [4.78, 5) is 31.1. The fraction of sp³-hybridized carbons (Fsp3) is 0.583. The summed E-state index contributed by atoms with van der Waals surface area (Å²) in [5, 5.41) is 12.3. The highest BCUT2D eigenvalue weighted by Gasteiger charge is 2.34. The quantitative estimate of drug-likeness (QED) is 0.504. The molecule has 0 spiro atoms. The van der Waals surface area contributed by atoms with Crippen molar-refractivity contribution in [2.45, 2.75) is 59.9 Å². The standard InChI is InChI=1S/C24H31F2N5O3/c1-23(2,3)9-17(32)30(13-34-18(33)7-14-11-28-12-14)22-29-20-16(25)8-15(10-27)19(26)21(20)31(22)24(4,5)6/h8,14,28H,7,9,11-13H2,1-6H3. The normalized spacial score (nSPS) is 14.6. The van der Waals surface area contributed by atoms with Crippen molar-refractivity contribution >= 4 is 28.9 Å². The minimum Gasteiger partial charge on any atom is -0.444 e.